The van der Waals surface area contributed by atoms with Crippen molar-refractivity contribution < 1.29 is 19.1 Å². The van der Waals surface area contributed by atoms with Crippen molar-refractivity contribution in [1.82, 2.24) is 14.8 Å². The van der Waals surface area contributed by atoms with Crippen molar-refractivity contribution in [1.29, 1.82) is 0 Å². The second kappa shape index (κ2) is 10.4. The lowest BCUT2D eigenvalue weighted by Gasteiger charge is -2.11. The Morgan fingerprint density at radius 3 is 2.37 bits per heavy atom. The smallest absolute Gasteiger partial charge is 0.343 e. The Morgan fingerprint density at radius 1 is 1.00 bits per heavy atom. The Morgan fingerprint density at radius 2 is 1.74 bits per heavy atom. The number of carbonyl (C=O) groups excluding carboxylic acids is 2. The number of carbonyl (C=O) groups is 2. The molecule has 0 saturated heterocycles. The number of hydrogen-bond donors (Lipinski definition) is 1. The fraction of sp³-hybridized carbons (Fsp3) is 0.115. The van der Waals surface area contributed by atoms with Gasteiger partial charge in [0.15, 0.2) is 0 Å². The van der Waals surface area contributed by atoms with Gasteiger partial charge in [-0.15, -0.1) is 0 Å². The third kappa shape index (κ3) is 5.41. The maximum Gasteiger partial charge on any atom is 0.343 e. The van der Waals surface area contributed by atoms with Crippen molar-refractivity contribution in [3.05, 3.63) is 106 Å². The van der Waals surface area contributed by atoms with Gasteiger partial charge in [-0.3, -0.25) is 14.6 Å². The third-order valence-corrected chi connectivity index (χ3v) is 5.23. The number of pyridine rings is 1. The summed E-state index contributed by atoms with van der Waals surface area (Å²) in [5, 5.41) is 7.26. The van der Waals surface area contributed by atoms with Crippen LogP contribution in [0.2, 0.25) is 0 Å². The monoisotopic (exact) mass is 470 g/mol. The van der Waals surface area contributed by atoms with E-state index in [4.69, 9.17) is 9.47 Å². The van der Waals surface area contributed by atoms with Crippen LogP contribution in [-0.2, 0) is 11.3 Å². The molecule has 35 heavy (non-hydrogen) atoms. The number of nitrogens with zero attached hydrogens (tertiary/aromatic N) is 3. The van der Waals surface area contributed by atoms with Crippen molar-refractivity contribution in [3.8, 4) is 17.0 Å². The van der Waals surface area contributed by atoms with Crippen molar-refractivity contribution in [2.75, 3.05) is 19.5 Å². The molecule has 2 aromatic heterocycles. The molecule has 0 atom stereocenters. The van der Waals surface area contributed by atoms with Gasteiger partial charge < -0.3 is 14.8 Å². The van der Waals surface area contributed by atoms with E-state index < -0.39 is 11.5 Å². The lowest BCUT2D eigenvalue weighted by molar-refractivity contribution is 0.0597. The van der Waals surface area contributed by atoms with Crippen molar-refractivity contribution >= 4 is 17.6 Å². The van der Waals surface area contributed by atoms with Crippen LogP contribution in [0.4, 0.5) is 5.69 Å². The Balaban J connectivity index is 1.60. The van der Waals surface area contributed by atoms with Gasteiger partial charge in [-0.05, 0) is 60.2 Å². The Kier molecular flexibility index (Phi) is 6.96. The highest BCUT2D eigenvalue weighted by molar-refractivity contribution is 6.04. The standard InChI is InChI=1S/C26H22N4O5/c1-34-21-11-7-18(8-12-21)23-14-22(26(33)35-2)25(32)30(29-23)16-17-5-9-20(10-6-17)28-24(31)19-4-3-13-27-15-19/h3-15H,16H2,1-2H3,(H,28,31). The topological polar surface area (TPSA) is 112 Å². The minimum atomic E-state index is -0.741. The quantitative estimate of drug-likeness (QED) is 0.412. The largest absolute Gasteiger partial charge is 0.497 e. The third-order valence-electron chi connectivity index (χ3n) is 5.23. The Labute approximate surface area is 201 Å². The zero-order valence-electron chi connectivity index (χ0n) is 19.1. The predicted octanol–water partition coefficient (Wildman–Crippen LogP) is 3.40. The highest BCUT2D eigenvalue weighted by atomic mass is 16.5. The SMILES string of the molecule is COC(=O)c1cc(-c2ccc(OC)cc2)nn(Cc2ccc(NC(=O)c3cccnc3)cc2)c1=O. The summed E-state index contributed by atoms with van der Waals surface area (Å²) >= 11 is 0. The maximum atomic E-state index is 12.9. The molecule has 1 N–H and O–H groups in total. The number of aromatic nitrogens is 3. The molecule has 4 rings (SSSR count). The molecule has 0 fully saturated rings. The van der Waals surface area contributed by atoms with Crippen molar-refractivity contribution in [3.63, 3.8) is 0 Å². The van der Waals surface area contributed by atoms with E-state index in [1.807, 2.05) is 0 Å². The van der Waals surface area contributed by atoms with Gasteiger partial charge in [-0.1, -0.05) is 12.1 Å². The number of esters is 1. The summed E-state index contributed by atoms with van der Waals surface area (Å²) in [7, 11) is 2.79. The van der Waals surface area contributed by atoms with Crippen LogP contribution >= 0.6 is 0 Å². The van der Waals surface area contributed by atoms with Gasteiger partial charge in [0.1, 0.15) is 11.3 Å². The average molecular weight is 470 g/mol. The summed E-state index contributed by atoms with van der Waals surface area (Å²) in [6.45, 7) is 0.115. The normalized spacial score (nSPS) is 10.5. The first-order valence-corrected chi connectivity index (χ1v) is 10.6. The molecule has 2 aromatic carbocycles. The minimum absolute atomic E-state index is 0.115. The molecule has 0 aliphatic heterocycles. The van der Waals surface area contributed by atoms with E-state index in [9.17, 15) is 14.4 Å². The minimum Gasteiger partial charge on any atom is -0.497 e. The molecule has 176 valence electrons. The van der Waals surface area contributed by atoms with E-state index in [1.54, 1.807) is 74.0 Å². The number of rotatable bonds is 7. The van der Waals surface area contributed by atoms with Crippen molar-refractivity contribution in [2.45, 2.75) is 6.54 Å². The van der Waals surface area contributed by atoms with Crippen LogP contribution in [0.1, 0.15) is 26.3 Å². The molecular formula is C26H22N4O5. The number of ether oxygens (including phenoxy) is 2. The first-order valence-electron chi connectivity index (χ1n) is 10.6. The number of benzene rings is 2. The summed E-state index contributed by atoms with van der Waals surface area (Å²) in [6.07, 6.45) is 3.08. The number of methoxy groups -OCH3 is 2. The molecule has 9 heteroatoms. The zero-order valence-corrected chi connectivity index (χ0v) is 19.1. The van der Waals surface area contributed by atoms with Crippen LogP contribution in [0.3, 0.4) is 0 Å². The van der Waals surface area contributed by atoms with Crippen molar-refractivity contribution in [2.24, 2.45) is 0 Å². The fourth-order valence-corrected chi connectivity index (χ4v) is 3.37. The van der Waals surface area contributed by atoms with E-state index in [0.29, 0.717) is 28.3 Å². The molecule has 0 aliphatic carbocycles. The molecule has 0 radical (unpaired) electrons. The molecule has 9 nitrogen and oxygen atoms in total. The van der Waals surface area contributed by atoms with Crippen LogP contribution in [0.25, 0.3) is 11.3 Å². The summed E-state index contributed by atoms with van der Waals surface area (Å²) in [4.78, 5) is 41.5. The molecule has 0 aliphatic rings. The average Bonchev–Trinajstić information content (AvgIpc) is 2.91. The number of anilines is 1. The highest BCUT2D eigenvalue weighted by Gasteiger charge is 2.17. The number of amides is 1. The first-order chi connectivity index (χ1) is 17.0. The van der Waals surface area contributed by atoms with Gasteiger partial charge in [-0.25, -0.2) is 9.48 Å². The first kappa shape index (κ1) is 23.4. The molecule has 0 bridgehead atoms. The van der Waals surface area contributed by atoms with Gasteiger partial charge in [0.25, 0.3) is 11.5 Å². The van der Waals surface area contributed by atoms with E-state index >= 15 is 0 Å². The van der Waals surface area contributed by atoms with E-state index in [-0.39, 0.29) is 18.0 Å². The second-order valence-corrected chi connectivity index (χ2v) is 7.52. The van der Waals surface area contributed by atoms with Gasteiger partial charge in [-0.2, -0.15) is 5.10 Å². The number of nitrogens with one attached hydrogen (secondary N) is 1. The van der Waals surface area contributed by atoms with E-state index in [1.165, 1.54) is 24.1 Å². The molecule has 0 unspecified atom stereocenters. The van der Waals surface area contributed by atoms with Crippen LogP contribution in [0.5, 0.6) is 5.75 Å². The van der Waals surface area contributed by atoms with Crippen LogP contribution in [0.15, 0.2) is 83.9 Å². The van der Waals surface area contributed by atoms with E-state index in [2.05, 4.69) is 15.4 Å². The molecule has 0 saturated carbocycles. The fourth-order valence-electron chi connectivity index (χ4n) is 3.37. The molecule has 0 spiro atoms. The molecular weight excluding hydrogens is 448 g/mol. The maximum absolute atomic E-state index is 12.9. The molecule has 4 aromatic rings. The summed E-state index contributed by atoms with van der Waals surface area (Å²) in [5.74, 6) is -0.348. The van der Waals surface area contributed by atoms with Crippen LogP contribution in [-0.4, -0.2) is 40.9 Å². The summed E-state index contributed by atoms with van der Waals surface area (Å²) in [5.41, 5.74) is 2.24. The lowest BCUT2D eigenvalue weighted by Crippen LogP contribution is -2.30. The lowest BCUT2D eigenvalue weighted by atomic mass is 10.1. The Hall–Kier alpha value is -4.79. The number of hydrogen-bond acceptors (Lipinski definition) is 7. The zero-order chi connectivity index (χ0) is 24.8. The summed E-state index contributed by atoms with van der Waals surface area (Å²) < 4.78 is 11.2. The van der Waals surface area contributed by atoms with Gasteiger partial charge in [0.05, 0.1) is 32.0 Å². The Bertz CT molecular complexity index is 1400. The highest BCUT2D eigenvalue weighted by Crippen LogP contribution is 2.21. The van der Waals surface area contributed by atoms with Crippen LogP contribution in [0, 0.1) is 0 Å². The van der Waals surface area contributed by atoms with E-state index in [0.717, 1.165) is 5.56 Å². The second-order valence-electron chi connectivity index (χ2n) is 7.52. The molecule has 1 amide bonds. The van der Waals surface area contributed by atoms with Gasteiger partial charge in [0.2, 0.25) is 0 Å². The molecule has 2 heterocycles. The predicted molar refractivity (Wildman–Crippen MR) is 130 cm³/mol. The van der Waals surface area contributed by atoms with Crippen LogP contribution < -0.4 is 15.6 Å². The van der Waals surface area contributed by atoms with Gasteiger partial charge >= 0.3 is 5.97 Å². The summed E-state index contributed by atoms with van der Waals surface area (Å²) in [6, 6.07) is 18.9. The van der Waals surface area contributed by atoms with Gasteiger partial charge in [0, 0.05) is 23.6 Å².